The summed E-state index contributed by atoms with van der Waals surface area (Å²) in [6, 6.07) is 10.5. The van der Waals surface area contributed by atoms with Gasteiger partial charge in [0, 0.05) is 33.3 Å². The van der Waals surface area contributed by atoms with Gasteiger partial charge in [0.2, 0.25) is 10.0 Å². The highest BCUT2D eigenvalue weighted by Crippen LogP contribution is 2.40. The molecule has 1 unspecified atom stereocenters. The van der Waals surface area contributed by atoms with Gasteiger partial charge in [-0.25, -0.2) is 12.7 Å². The number of phenolic OH excluding ortho intramolecular Hbond substituents is 1. The van der Waals surface area contributed by atoms with Crippen LogP contribution >= 0.6 is 0 Å². The van der Waals surface area contributed by atoms with Gasteiger partial charge in [0.25, 0.3) is 11.7 Å². The third-order valence-electron chi connectivity index (χ3n) is 5.17. The van der Waals surface area contributed by atoms with Gasteiger partial charge < -0.3 is 19.8 Å². The smallest absolute Gasteiger partial charge is 0.295 e. The van der Waals surface area contributed by atoms with Gasteiger partial charge in [-0.2, -0.15) is 0 Å². The number of rotatable bonds is 7. The molecule has 1 fully saturated rings. The van der Waals surface area contributed by atoms with E-state index in [2.05, 4.69) is 0 Å². The Hall–Kier alpha value is -3.21. The molecule has 0 saturated carbocycles. The van der Waals surface area contributed by atoms with Crippen LogP contribution in [0.3, 0.4) is 0 Å². The molecular formula is C22H24N2O7S. The molecule has 0 aromatic heterocycles. The van der Waals surface area contributed by atoms with E-state index in [1.807, 2.05) is 0 Å². The van der Waals surface area contributed by atoms with E-state index >= 15 is 0 Å². The molecule has 32 heavy (non-hydrogen) atoms. The number of aliphatic hydroxyl groups is 1. The van der Waals surface area contributed by atoms with E-state index in [4.69, 9.17) is 4.74 Å². The maximum absolute atomic E-state index is 12.9. The number of likely N-dealkylation sites (tertiary alicyclic amines) is 1. The molecule has 9 nitrogen and oxygen atoms in total. The summed E-state index contributed by atoms with van der Waals surface area (Å²) in [6.07, 6.45) is 0. The lowest BCUT2D eigenvalue weighted by atomic mass is 9.95. The number of carbonyl (C=O) groups excluding carboxylic acids is 2. The van der Waals surface area contributed by atoms with Crippen molar-refractivity contribution in [1.82, 2.24) is 9.21 Å². The zero-order valence-electron chi connectivity index (χ0n) is 17.8. The fraction of sp³-hybridized carbons (Fsp3) is 0.273. The summed E-state index contributed by atoms with van der Waals surface area (Å²) in [6.45, 7) is 0.262. The number of aromatic hydroxyl groups is 1. The van der Waals surface area contributed by atoms with E-state index in [1.54, 1.807) is 12.1 Å². The molecule has 1 heterocycles. The van der Waals surface area contributed by atoms with Crippen LogP contribution in [0.25, 0.3) is 5.76 Å². The Balaban J connectivity index is 2.13. The van der Waals surface area contributed by atoms with E-state index in [1.165, 1.54) is 62.5 Å². The second-order valence-corrected chi connectivity index (χ2v) is 9.54. The Morgan fingerprint density at radius 2 is 1.78 bits per heavy atom. The van der Waals surface area contributed by atoms with Gasteiger partial charge in [-0.3, -0.25) is 9.59 Å². The molecule has 1 saturated heterocycles. The molecule has 0 spiro atoms. The fourth-order valence-corrected chi connectivity index (χ4v) is 4.39. The minimum Gasteiger partial charge on any atom is -0.508 e. The molecule has 10 heteroatoms. The lowest BCUT2D eigenvalue weighted by Crippen LogP contribution is -2.32. The van der Waals surface area contributed by atoms with Crippen molar-refractivity contribution < 1.29 is 33.0 Å². The monoisotopic (exact) mass is 460 g/mol. The third kappa shape index (κ3) is 4.24. The molecule has 0 aliphatic carbocycles. The van der Waals surface area contributed by atoms with E-state index < -0.39 is 33.5 Å². The second-order valence-electron chi connectivity index (χ2n) is 7.39. The lowest BCUT2D eigenvalue weighted by molar-refractivity contribution is -0.140. The minimum absolute atomic E-state index is 0.0177. The third-order valence-corrected chi connectivity index (χ3v) is 7.00. The van der Waals surface area contributed by atoms with Crippen molar-refractivity contribution in [2.75, 3.05) is 34.4 Å². The summed E-state index contributed by atoms with van der Waals surface area (Å²) in [7, 11) is 0.596. The first-order valence-electron chi connectivity index (χ1n) is 9.68. The molecule has 1 aliphatic heterocycles. The molecule has 2 aromatic rings. The van der Waals surface area contributed by atoms with Gasteiger partial charge >= 0.3 is 0 Å². The summed E-state index contributed by atoms with van der Waals surface area (Å²) < 4.78 is 30.7. The summed E-state index contributed by atoms with van der Waals surface area (Å²) in [5.41, 5.74) is 0.464. The number of amides is 1. The number of ketones is 1. The van der Waals surface area contributed by atoms with Crippen LogP contribution in [-0.2, 0) is 24.3 Å². The second kappa shape index (κ2) is 9.11. The number of sulfonamides is 1. The fourth-order valence-electron chi connectivity index (χ4n) is 3.49. The number of methoxy groups -OCH3 is 1. The quantitative estimate of drug-likeness (QED) is 0.366. The first kappa shape index (κ1) is 23.5. The van der Waals surface area contributed by atoms with E-state index in [-0.39, 0.29) is 34.9 Å². The molecule has 170 valence electrons. The predicted molar refractivity (Wildman–Crippen MR) is 116 cm³/mol. The SMILES string of the molecule is COCCN1C(=O)C(=O)C(=C(O)c2ccc(S(=O)(=O)N(C)C)cc2)C1c1cccc(O)c1. The molecule has 1 aliphatic rings. The van der Waals surface area contributed by atoms with Crippen molar-refractivity contribution in [2.24, 2.45) is 0 Å². The first-order chi connectivity index (χ1) is 15.1. The van der Waals surface area contributed by atoms with Crippen LogP contribution < -0.4 is 0 Å². The van der Waals surface area contributed by atoms with E-state index in [0.29, 0.717) is 5.56 Å². The van der Waals surface area contributed by atoms with Crippen LogP contribution in [0.2, 0.25) is 0 Å². The number of ether oxygens (including phenoxy) is 1. The number of phenols is 1. The van der Waals surface area contributed by atoms with Gasteiger partial charge in [0.05, 0.1) is 23.1 Å². The van der Waals surface area contributed by atoms with Crippen molar-refractivity contribution in [3.05, 3.63) is 65.2 Å². The number of benzene rings is 2. The summed E-state index contributed by atoms with van der Waals surface area (Å²) in [4.78, 5) is 26.9. The normalized spacial score (nSPS) is 18.5. The molecule has 0 bridgehead atoms. The topological polar surface area (TPSA) is 124 Å². The maximum atomic E-state index is 12.9. The van der Waals surface area contributed by atoms with Crippen molar-refractivity contribution >= 4 is 27.5 Å². The van der Waals surface area contributed by atoms with Crippen LogP contribution in [0.1, 0.15) is 17.2 Å². The Labute approximate surface area is 186 Å². The summed E-state index contributed by atoms with van der Waals surface area (Å²) in [5.74, 6) is -2.18. The molecule has 1 amide bonds. The highest BCUT2D eigenvalue weighted by atomic mass is 32.2. The van der Waals surface area contributed by atoms with Crippen LogP contribution in [0.15, 0.2) is 59.0 Å². The molecule has 1 atom stereocenters. The standard InChI is InChI=1S/C22H24N2O7S/c1-23(2)32(29,30)17-9-7-14(8-10-17)20(26)18-19(15-5-4-6-16(25)13-15)24(11-12-31-3)22(28)21(18)27/h4-10,13,19,25-26H,11-12H2,1-3H3. The van der Waals surface area contributed by atoms with Crippen molar-refractivity contribution in [3.63, 3.8) is 0 Å². The van der Waals surface area contributed by atoms with Crippen LogP contribution in [0.4, 0.5) is 0 Å². The first-order valence-corrected chi connectivity index (χ1v) is 11.1. The average Bonchev–Trinajstić information content (AvgIpc) is 3.02. The number of hydrogen-bond acceptors (Lipinski definition) is 7. The van der Waals surface area contributed by atoms with Crippen LogP contribution in [0, 0.1) is 0 Å². The Kier molecular flexibility index (Phi) is 6.68. The Bertz CT molecular complexity index is 1170. The molecule has 3 rings (SSSR count). The zero-order chi connectivity index (χ0) is 23.6. The maximum Gasteiger partial charge on any atom is 0.295 e. The van der Waals surface area contributed by atoms with Crippen molar-refractivity contribution in [2.45, 2.75) is 10.9 Å². The zero-order valence-corrected chi connectivity index (χ0v) is 18.7. The van der Waals surface area contributed by atoms with Crippen LogP contribution in [0.5, 0.6) is 5.75 Å². The number of carbonyl (C=O) groups is 2. The Morgan fingerprint density at radius 1 is 1.12 bits per heavy atom. The van der Waals surface area contributed by atoms with Gasteiger partial charge in [-0.15, -0.1) is 0 Å². The average molecular weight is 461 g/mol. The van der Waals surface area contributed by atoms with Gasteiger partial charge in [0.15, 0.2) is 0 Å². The summed E-state index contributed by atoms with van der Waals surface area (Å²) >= 11 is 0. The van der Waals surface area contributed by atoms with Gasteiger partial charge in [-0.1, -0.05) is 12.1 Å². The van der Waals surface area contributed by atoms with E-state index in [9.17, 15) is 28.2 Å². The minimum atomic E-state index is -3.67. The molecule has 0 radical (unpaired) electrons. The van der Waals surface area contributed by atoms with E-state index in [0.717, 1.165) is 4.31 Å². The molecule has 2 aromatic carbocycles. The Morgan fingerprint density at radius 3 is 2.34 bits per heavy atom. The number of aliphatic hydroxyl groups excluding tert-OH is 1. The highest BCUT2D eigenvalue weighted by molar-refractivity contribution is 7.89. The summed E-state index contributed by atoms with van der Waals surface area (Å²) in [5, 5.41) is 20.9. The van der Waals surface area contributed by atoms with Crippen molar-refractivity contribution in [3.8, 4) is 5.75 Å². The molecular weight excluding hydrogens is 436 g/mol. The van der Waals surface area contributed by atoms with Crippen LogP contribution in [-0.4, -0.2) is 73.9 Å². The van der Waals surface area contributed by atoms with Gasteiger partial charge in [-0.05, 0) is 42.0 Å². The molecule has 2 N–H and O–H groups in total. The largest absolute Gasteiger partial charge is 0.508 e. The highest BCUT2D eigenvalue weighted by Gasteiger charge is 2.46. The number of Topliss-reactive ketones (excluding diaryl/α,β-unsaturated/α-hetero) is 1. The predicted octanol–water partition coefficient (Wildman–Crippen LogP) is 1.71. The van der Waals surface area contributed by atoms with Gasteiger partial charge in [0.1, 0.15) is 11.5 Å². The number of hydrogen-bond donors (Lipinski definition) is 2. The lowest BCUT2D eigenvalue weighted by Gasteiger charge is -2.25. The van der Waals surface area contributed by atoms with Crippen molar-refractivity contribution in [1.29, 1.82) is 0 Å². The number of nitrogens with zero attached hydrogens (tertiary/aromatic N) is 2.